The Balaban J connectivity index is 1.43. The highest BCUT2D eigenvalue weighted by molar-refractivity contribution is 6.04. The number of nitrogen functional groups attached to an aromatic ring is 1. The van der Waals surface area contributed by atoms with Crippen LogP contribution in [0.2, 0.25) is 0 Å². The van der Waals surface area contributed by atoms with Gasteiger partial charge in [0.25, 0.3) is 5.91 Å². The predicted molar refractivity (Wildman–Crippen MR) is 171 cm³/mol. The summed E-state index contributed by atoms with van der Waals surface area (Å²) < 4.78 is 41.3. The summed E-state index contributed by atoms with van der Waals surface area (Å²) in [5, 5.41) is 5.62. The average Bonchev–Trinajstić information content (AvgIpc) is 3.44. The SMILES string of the molecule is C=CCCCC(=O)N[C@@H]1CCC[C@@H](c2nc(-c3ccc(C(=O)Nc4cc(C(F)(F)F)ccn4)cc3)c3c(N)ncc(CC=C)n23)C1. The first-order valence-electron chi connectivity index (χ1n) is 15.2. The molecule has 0 saturated heterocycles. The number of nitrogens with zero attached hydrogens (tertiary/aromatic N) is 4. The Labute approximate surface area is 264 Å². The van der Waals surface area contributed by atoms with E-state index in [0.717, 1.165) is 68.4 Å². The van der Waals surface area contributed by atoms with Crippen molar-refractivity contribution in [3.63, 3.8) is 0 Å². The minimum absolute atomic E-state index is 0.0249. The van der Waals surface area contributed by atoms with E-state index in [0.29, 0.717) is 35.4 Å². The van der Waals surface area contributed by atoms with E-state index in [1.807, 2.05) is 10.5 Å². The monoisotopic (exact) mass is 631 g/mol. The van der Waals surface area contributed by atoms with Crippen LogP contribution < -0.4 is 16.4 Å². The summed E-state index contributed by atoms with van der Waals surface area (Å²) in [5.41, 5.74) is 8.54. The quantitative estimate of drug-likeness (QED) is 0.122. The lowest BCUT2D eigenvalue weighted by Crippen LogP contribution is -2.38. The lowest BCUT2D eigenvalue weighted by molar-refractivity contribution is -0.137. The molecule has 1 saturated carbocycles. The number of hydrogen-bond acceptors (Lipinski definition) is 6. The van der Waals surface area contributed by atoms with Gasteiger partial charge in [-0.15, -0.1) is 13.2 Å². The summed E-state index contributed by atoms with van der Waals surface area (Å²) in [5.74, 6) is 0.378. The fraction of sp³-hybridized carbons (Fsp3) is 0.324. The molecule has 4 N–H and O–H groups in total. The van der Waals surface area contributed by atoms with E-state index in [-0.39, 0.29) is 29.2 Å². The number of anilines is 2. The highest BCUT2D eigenvalue weighted by Gasteiger charge is 2.32. The first kappa shape index (κ1) is 32.4. The number of halogens is 3. The predicted octanol–water partition coefficient (Wildman–Crippen LogP) is 6.87. The number of aromatic nitrogens is 4. The molecule has 4 aromatic rings. The normalized spacial score (nSPS) is 16.6. The Morgan fingerprint density at radius 2 is 1.87 bits per heavy atom. The van der Waals surface area contributed by atoms with Crippen LogP contribution in [0.4, 0.5) is 24.8 Å². The van der Waals surface area contributed by atoms with E-state index >= 15 is 0 Å². The maximum Gasteiger partial charge on any atom is 0.416 e. The van der Waals surface area contributed by atoms with Crippen LogP contribution in [0.5, 0.6) is 0 Å². The van der Waals surface area contributed by atoms with E-state index < -0.39 is 17.6 Å². The zero-order valence-corrected chi connectivity index (χ0v) is 25.3. The molecule has 0 unspecified atom stereocenters. The number of benzene rings is 1. The average molecular weight is 632 g/mol. The summed E-state index contributed by atoms with van der Waals surface area (Å²) in [7, 11) is 0. The van der Waals surface area contributed by atoms with E-state index in [1.54, 1.807) is 36.5 Å². The van der Waals surface area contributed by atoms with Crippen LogP contribution in [0, 0.1) is 0 Å². The largest absolute Gasteiger partial charge is 0.416 e. The number of pyridine rings is 1. The Bertz CT molecular complexity index is 1750. The number of allylic oxidation sites excluding steroid dienone is 2. The summed E-state index contributed by atoms with van der Waals surface area (Å²) in [4.78, 5) is 38.8. The third-order valence-electron chi connectivity index (χ3n) is 8.11. The molecule has 12 heteroatoms. The zero-order chi connectivity index (χ0) is 32.8. The van der Waals surface area contributed by atoms with Gasteiger partial charge in [-0.3, -0.25) is 14.0 Å². The highest BCUT2D eigenvalue weighted by Crippen LogP contribution is 2.38. The number of carbonyl (C=O) groups is 2. The summed E-state index contributed by atoms with van der Waals surface area (Å²) in [6.07, 6.45) is 7.74. The number of alkyl halides is 3. The van der Waals surface area contributed by atoms with Crippen molar-refractivity contribution in [1.29, 1.82) is 0 Å². The molecule has 46 heavy (non-hydrogen) atoms. The second kappa shape index (κ2) is 14.0. The molecule has 2 amide bonds. The minimum atomic E-state index is -4.56. The van der Waals surface area contributed by atoms with Gasteiger partial charge in [0.15, 0.2) is 0 Å². The molecule has 1 fully saturated rings. The van der Waals surface area contributed by atoms with Crippen molar-refractivity contribution in [2.45, 2.75) is 69.5 Å². The van der Waals surface area contributed by atoms with E-state index in [9.17, 15) is 22.8 Å². The highest BCUT2D eigenvalue weighted by atomic mass is 19.4. The maximum absolute atomic E-state index is 13.1. The molecule has 3 heterocycles. The molecule has 0 radical (unpaired) electrons. The number of hydrogen-bond donors (Lipinski definition) is 3. The first-order chi connectivity index (χ1) is 22.1. The van der Waals surface area contributed by atoms with Gasteiger partial charge in [0.2, 0.25) is 5.91 Å². The molecule has 9 nitrogen and oxygen atoms in total. The second-order valence-corrected chi connectivity index (χ2v) is 11.4. The number of rotatable bonds is 11. The molecule has 1 aliphatic carbocycles. The summed E-state index contributed by atoms with van der Waals surface area (Å²) >= 11 is 0. The Hall–Kier alpha value is -5.00. The molecule has 0 aliphatic heterocycles. The van der Waals surface area contributed by atoms with Gasteiger partial charge >= 0.3 is 6.18 Å². The maximum atomic E-state index is 13.1. The molecule has 1 aromatic carbocycles. The van der Waals surface area contributed by atoms with Crippen LogP contribution in [-0.4, -0.2) is 37.2 Å². The second-order valence-electron chi connectivity index (χ2n) is 11.4. The topological polar surface area (TPSA) is 127 Å². The molecular weight excluding hydrogens is 595 g/mol. The summed E-state index contributed by atoms with van der Waals surface area (Å²) in [6, 6.07) is 8.21. The molecule has 1 aliphatic rings. The van der Waals surface area contributed by atoms with Crippen LogP contribution in [-0.2, 0) is 17.4 Å². The molecule has 0 spiro atoms. The van der Waals surface area contributed by atoms with Crippen molar-refractivity contribution in [2.75, 3.05) is 11.1 Å². The third kappa shape index (κ3) is 7.27. The van der Waals surface area contributed by atoms with Gasteiger partial charge in [0, 0.05) is 54.0 Å². The number of unbranched alkanes of at least 4 members (excludes halogenated alkanes) is 1. The fourth-order valence-electron chi connectivity index (χ4n) is 5.90. The van der Waals surface area contributed by atoms with Crippen molar-refractivity contribution in [3.8, 4) is 11.3 Å². The molecule has 0 bridgehead atoms. The Kier molecular flexibility index (Phi) is 9.84. The lowest BCUT2D eigenvalue weighted by atomic mass is 9.85. The number of carbonyl (C=O) groups excluding carboxylic acids is 2. The lowest BCUT2D eigenvalue weighted by Gasteiger charge is -2.29. The third-order valence-corrected chi connectivity index (χ3v) is 8.11. The van der Waals surface area contributed by atoms with Gasteiger partial charge in [-0.2, -0.15) is 13.2 Å². The Morgan fingerprint density at radius 1 is 1.09 bits per heavy atom. The van der Waals surface area contributed by atoms with E-state index in [4.69, 9.17) is 10.7 Å². The smallest absolute Gasteiger partial charge is 0.382 e. The van der Waals surface area contributed by atoms with Crippen molar-refractivity contribution >= 4 is 29.0 Å². The van der Waals surface area contributed by atoms with E-state index in [2.05, 4.69) is 33.8 Å². The van der Waals surface area contributed by atoms with Crippen LogP contribution in [0.25, 0.3) is 16.8 Å². The Morgan fingerprint density at radius 3 is 2.59 bits per heavy atom. The molecule has 3 aromatic heterocycles. The number of imidazole rings is 1. The molecule has 5 rings (SSSR count). The van der Waals surface area contributed by atoms with Crippen molar-refractivity contribution in [1.82, 2.24) is 24.7 Å². The van der Waals surface area contributed by atoms with Gasteiger partial charge in [-0.05, 0) is 56.4 Å². The van der Waals surface area contributed by atoms with Gasteiger partial charge < -0.3 is 16.4 Å². The van der Waals surface area contributed by atoms with Crippen LogP contribution >= 0.6 is 0 Å². The number of nitrogens with two attached hydrogens (primary N) is 1. The van der Waals surface area contributed by atoms with Gasteiger partial charge in [-0.25, -0.2) is 15.0 Å². The van der Waals surface area contributed by atoms with Crippen LogP contribution in [0.3, 0.4) is 0 Å². The summed E-state index contributed by atoms with van der Waals surface area (Å²) in [6.45, 7) is 7.61. The van der Waals surface area contributed by atoms with Crippen molar-refractivity contribution in [2.24, 2.45) is 0 Å². The zero-order valence-electron chi connectivity index (χ0n) is 25.3. The molecule has 2 atom stereocenters. The number of fused-ring (bicyclic) bond motifs is 1. The number of amides is 2. The van der Waals surface area contributed by atoms with E-state index in [1.165, 1.54) is 0 Å². The van der Waals surface area contributed by atoms with Crippen LogP contribution in [0.1, 0.15) is 78.3 Å². The molecule has 240 valence electrons. The van der Waals surface area contributed by atoms with Gasteiger partial charge in [0.05, 0.1) is 5.56 Å². The van der Waals surface area contributed by atoms with Crippen molar-refractivity contribution < 1.29 is 22.8 Å². The first-order valence-corrected chi connectivity index (χ1v) is 15.2. The van der Waals surface area contributed by atoms with Gasteiger partial charge in [0.1, 0.15) is 28.7 Å². The fourth-order valence-corrected chi connectivity index (χ4v) is 5.90. The van der Waals surface area contributed by atoms with Crippen molar-refractivity contribution in [3.05, 3.63) is 96.7 Å². The van der Waals surface area contributed by atoms with Crippen LogP contribution in [0.15, 0.2) is 74.1 Å². The standard InChI is InChI=1S/C34H36F3N7O2/c1-3-5-6-11-28(45)41-25-10-7-9-23(18-25)32-43-29(30-31(38)40-20-26(8-4-2)44(30)32)21-12-14-22(15-13-21)33(46)42-27-19-24(16-17-39-27)34(35,36)37/h3-4,12-17,19-20,23,25H,1-2,5-11,18H2,(H2,38,40)(H,41,45)(H,39,42,46)/t23-,25-/m1/s1. The molecular formula is C34H36F3N7O2. The minimum Gasteiger partial charge on any atom is -0.382 e. The van der Waals surface area contributed by atoms with Gasteiger partial charge in [-0.1, -0.05) is 30.7 Å². The number of nitrogens with one attached hydrogen (secondary N) is 2.